The molecule has 0 aliphatic heterocycles. The molecule has 0 unspecified atom stereocenters. The first-order valence-corrected chi connectivity index (χ1v) is 4.79. The molecule has 5 nitrogen and oxygen atoms in total. The molecule has 0 amide bonds. The van der Waals surface area contributed by atoms with E-state index in [9.17, 15) is 4.79 Å². The lowest BCUT2D eigenvalue weighted by Gasteiger charge is -1.98. The number of carbonyl (C=O) groups excluding carboxylic acids is 1. The number of carbonyl (C=O) groups is 1. The smallest absolute Gasteiger partial charge is 0.338 e. The Balaban J connectivity index is 2.41. The number of hydrogen-bond acceptors (Lipinski definition) is 4. The third-order valence-corrected chi connectivity index (χ3v) is 2.22. The van der Waals surface area contributed by atoms with Gasteiger partial charge in [0.2, 0.25) is 0 Å². The summed E-state index contributed by atoms with van der Waals surface area (Å²) in [5, 5.41) is 0. The molecule has 2 aromatic rings. The minimum Gasteiger partial charge on any atom is -0.465 e. The molecule has 0 saturated heterocycles. The summed E-state index contributed by atoms with van der Waals surface area (Å²) in [7, 11) is 2.97. The Bertz CT molecular complexity index is 519. The zero-order valence-electron chi connectivity index (χ0n) is 9.14. The second-order valence-electron chi connectivity index (χ2n) is 3.34. The van der Waals surface area contributed by atoms with E-state index in [4.69, 9.17) is 4.74 Å². The highest BCUT2D eigenvalue weighted by Crippen LogP contribution is 2.09. The van der Waals surface area contributed by atoms with Crippen molar-refractivity contribution in [2.45, 2.75) is 6.61 Å². The molecule has 0 aliphatic rings. The number of aromatic nitrogens is 2. The number of hydrogen-bond donors (Lipinski definition) is 0. The molecule has 0 N–H and O–H groups in total. The van der Waals surface area contributed by atoms with Gasteiger partial charge in [-0.25, -0.2) is 9.78 Å². The summed E-state index contributed by atoms with van der Waals surface area (Å²) >= 11 is 0. The van der Waals surface area contributed by atoms with Crippen LogP contribution < -0.4 is 0 Å². The lowest BCUT2D eigenvalue weighted by Crippen LogP contribution is -2.01. The summed E-state index contributed by atoms with van der Waals surface area (Å²) in [5.41, 5.74) is 2.02. The molecule has 16 heavy (non-hydrogen) atoms. The maximum atomic E-state index is 11.3. The Morgan fingerprint density at radius 2 is 2.31 bits per heavy atom. The van der Waals surface area contributed by atoms with Gasteiger partial charge in [-0.1, -0.05) is 0 Å². The van der Waals surface area contributed by atoms with E-state index < -0.39 is 0 Å². The summed E-state index contributed by atoms with van der Waals surface area (Å²) < 4.78 is 11.5. The molecule has 0 radical (unpaired) electrons. The summed E-state index contributed by atoms with van der Waals surface area (Å²) in [6.45, 7) is 0.454. The predicted octanol–water partition coefficient (Wildman–Crippen LogP) is 1.27. The lowest BCUT2D eigenvalue weighted by atomic mass is 10.3. The molecule has 84 valence electrons. The van der Waals surface area contributed by atoms with E-state index in [1.54, 1.807) is 25.4 Å². The molecule has 2 rings (SSSR count). The van der Waals surface area contributed by atoms with E-state index in [1.165, 1.54) is 7.11 Å². The van der Waals surface area contributed by atoms with Crippen molar-refractivity contribution in [2.24, 2.45) is 0 Å². The number of esters is 1. The van der Waals surface area contributed by atoms with Crippen LogP contribution in [0.4, 0.5) is 0 Å². The molecule has 0 aliphatic carbocycles. The zero-order chi connectivity index (χ0) is 11.5. The number of ether oxygens (including phenoxy) is 2. The van der Waals surface area contributed by atoms with Crippen molar-refractivity contribution in [1.29, 1.82) is 0 Å². The second kappa shape index (κ2) is 4.32. The molecule has 0 fully saturated rings. The molecule has 0 aromatic carbocycles. The third-order valence-electron chi connectivity index (χ3n) is 2.22. The highest BCUT2D eigenvalue weighted by Gasteiger charge is 2.07. The van der Waals surface area contributed by atoms with Crippen LogP contribution in [-0.2, 0) is 16.1 Å². The standard InChI is InChI=1S/C11H12N2O3/c1-15-7-9-6-13-4-3-8(11(14)16-2)5-10(13)12-9/h3-6H,7H2,1-2H3. The number of imidazole rings is 1. The largest absolute Gasteiger partial charge is 0.465 e. The molecular weight excluding hydrogens is 208 g/mol. The normalized spacial score (nSPS) is 10.6. The van der Waals surface area contributed by atoms with E-state index in [2.05, 4.69) is 9.72 Å². The highest BCUT2D eigenvalue weighted by molar-refractivity contribution is 5.90. The van der Waals surface area contributed by atoms with Gasteiger partial charge in [-0.05, 0) is 12.1 Å². The van der Waals surface area contributed by atoms with E-state index >= 15 is 0 Å². The maximum absolute atomic E-state index is 11.3. The van der Waals surface area contributed by atoms with Gasteiger partial charge in [-0.15, -0.1) is 0 Å². The number of methoxy groups -OCH3 is 2. The first-order chi connectivity index (χ1) is 7.74. The first-order valence-electron chi connectivity index (χ1n) is 4.79. The average molecular weight is 220 g/mol. The molecule has 5 heteroatoms. The predicted molar refractivity (Wildman–Crippen MR) is 57.2 cm³/mol. The summed E-state index contributed by atoms with van der Waals surface area (Å²) in [6.07, 6.45) is 3.63. The molecule has 2 heterocycles. The van der Waals surface area contributed by atoms with E-state index in [0.29, 0.717) is 17.8 Å². The van der Waals surface area contributed by atoms with E-state index in [0.717, 1.165) is 5.69 Å². The van der Waals surface area contributed by atoms with Gasteiger partial charge in [0.15, 0.2) is 0 Å². The van der Waals surface area contributed by atoms with Crippen molar-refractivity contribution in [3.05, 3.63) is 35.8 Å². The number of pyridine rings is 1. The Morgan fingerprint density at radius 1 is 1.50 bits per heavy atom. The Labute approximate surface area is 92.6 Å². The van der Waals surface area contributed by atoms with Gasteiger partial charge in [0.25, 0.3) is 0 Å². The van der Waals surface area contributed by atoms with Crippen molar-refractivity contribution in [1.82, 2.24) is 9.38 Å². The Morgan fingerprint density at radius 3 is 3.00 bits per heavy atom. The molecule has 2 aromatic heterocycles. The minimum atomic E-state index is -0.362. The monoisotopic (exact) mass is 220 g/mol. The van der Waals surface area contributed by atoms with Crippen LogP contribution in [0.3, 0.4) is 0 Å². The van der Waals surface area contributed by atoms with Gasteiger partial charge in [0.05, 0.1) is 25.0 Å². The van der Waals surface area contributed by atoms with Gasteiger partial charge in [0.1, 0.15) is 5.65 Å². The van der Waals surface area contributed by atoms with Crippen molar-refractivity contribution < 1.29 is 14.3 Å². The van der Waals surface area contributed by atoms with Crippen molar-refractivity contribution in [3.8, 4) is 0 Å². The number of fused-ring (bicyclic) bond motifs is 1. The third kappa shape index (κ3) is 1.90. The highest BCUT2D eigenvalue weighted by atomic mass is 16.5. The van der Waals surface area contributed by atoms with Crippen LogP contribution in [0.1, 0.15) is 16.1 Å². The van der Waals surface area contributed by atoms with Crippen molar-refractivity contribution in [3.63, 3.8) is 0 Å². The lowest BCUT2D eigenvalue weighted by molar-refractivity contribution is 0.0600. The van der Waals surface area contributed by atoms with Crippen LogP contribution in [0.5, 0.6) is 0 Å². The SMILES string of the molecule is COCc1cn2ccc(C(=O)OC)cc2n1. The number of rotatable bonds is 3. The summed E-state index contributed by atoms with van der Waals surface area (Å²) in [4.78, 5) is 15.6. The fraction of sp³-hybridized carbons (Fsp3) is 0.273. The summed E-state index contributed by atoms with van der Waals surface area (Å²) in [5.74, 6) is -0.362. The average Bonchev–Trinajstić information content (AvgIpc) is 2.69. The zero-order valence-corrected chi connectivity index (χ0v) is 9.14. The van der Waals surface area contributed by atoms with Crippen molar-refractivity contribution >= 4 is 11.6 Å². The van der Waals surface area contributed by atoms with E-state index in [1.807, 2.05) is 10.6 Å². The van der Waals surface area contributed by atoms with Gasteiger partial charge >= 0.3 is 5.97 Å². The Kier molecular flexibility index (Phi) is 2.87. The van der Waals surface area contributed by atoms with Crippen LogP contribution in [0.2, 0.25) is 0 Å². The van der Waals surface area contributed by atoms with Crippen LogP contribution in [0.25, 0.3) is 5.65 Å². The molecule has 0 spiro atoms. The molecular formula is C11H12N2O3. The van der Waals surface area contributed by atoms with Crippen LogP contribution >= 0.6 is 0 Å². The fourth-order valence-electron chi connectivity index (χ4n) is 1.50. The minimum absolute atomic E-state index is 0.362. The molecule has 0 bridgehead atoms. The number of nitrogens with zero attached hydrogens (tertiary/aromatic N) is 2. The topological polar surface area (TPSA) is 52.8 Å². The molecule has 0 saturated carbocycles. The summed E-state index contributed by atoms with van der Waals surface area (Å²) in [6, 6.07) is 3.38. The van der Waals surface area contributed by atoms with Gasteiger partial charge in [0, 0.05) is 19.5 Å². The van der Waals surface area contributed by atoms with Crippen LogP contribution in [0, 0.1) is 0 Å². The maximum Gasteiger partial charge on any atom is 0.338 e. The van der Waals surface area contributed by atoms with Gasteiger partial charge < -0.3 is 13.9 Å². The van der Waals surface area contributed by atoms with Crippen LogP contribution in [0.15, 0.2) is 24.5 Å². The molecule has 0 atom stereocenters. The van der Waals surface area contributed by atoms with E-state index in [-0.39, 0.29) is 5.97 Å². The second-order valence-corrected chi connectivity index (χ2v) is 3.34. The fourth-order valence-corrected chi connectivity index (χ4v) is 1.50. The van der Waals surface area contributed by atoms with Gasteiger partial charge in [-0.3, -0.25) is 0 Å². The quantitative estimate of drug-likeness (QED) is 0.731. The van der Waals surface area contributed by atoms with Crippen LogP contribution in [-0.4, -0.2) is 29.6 Å². The Hall–Kier alpha value is -1.88. The first kappa shape index (κ1) is 10.6. The van der Waals surface area contributed by atoms with Crippen molar-refractivity contribution in [2.75, 3.05) is 14.2 Å². The van der Waals surface area contributed by atoms with Gasteiger partial charge in [-0.2, -0.15) is 0 Å².